The van der Waals surface area contributed by atoms with Gasteiger partial charge in [-0.2, -0.15) is 0 Å². The van der Waals surface area contributed by atoms with E-state index in [1.165, 1.54) is 0 Å². The molecule has 3 N–H and O–H groups in total. The van der Waals surface area contributed by atoms with Crippen LogP contribution in [0, 0.1) is 6.92 Å². The van der Waals surface area contributed by atoms with Gasteiger partial charge in [0.1, 0.15) is 0 Å². The Morgan fingerprint density at radius 3 is 3.00 bits per heavy atom. The molecular formula is C15H23N3O2. The number of hydrogen-bond acceptors (Lipinski definition) is 3. The molecule has 1 aliphatic carbocycles. The van der Waals surface area contributed by atoms with Gasteiger partial charge in [0.15, 0.2) is 0 Å². The second-order valence-corrected chi connectivity index (χ2v) is 5.46. The Labute approximate surface area is 119 Å². The van der Waals surface area contributed by atoms with Gasteiger partial charge in [-0.15, -0.1) is 0 Å². The minimum Gasteiger partial charge on any atom is -0.391 e. The lowest BCUT2D eigenvalue weighted by Crippen LogP contribution is -2.47. The molecule has 0 saturated heterocycles. The average Bonchev–Trinajstić information content (AvgIpc) is 2.62. The molecule has 0 spiro atoms. The summed E-state index contributed by atoms with van der Waals surface area (Å²) in [5.41, 5.74) is 1.96. The van der Waals surface area contributed by atoms with Gasteiger partial charge in [-0.25, -0.2) is 4.79 Å². The number of rotatable bonds is 3. The molecule has 1 aromatic heterocycles. The Hall–Kier alpha value is -1.62. The van der Waals surface area contributed by atoms with Gasteiger partial charge in [-0.1, -0.05) is 19.3 Å². The zero-order valence-electron chi connectivity index (χ0n) is 11.9. The Morgan fingerprint density at radius 1 is 1.40 bits per heavy atom. The van der Waals surface area contributed by atoms with Crippen LogP contribution in [-0.2, 0) is 6.54 Å². The molecule has 2 rings (SSSR count). The fraction of sp³-hybridized carbons (Fsp3) is 0.600. The summed E-state index contributed by atoms with van der Waals surface area (Å²) < 4.78 is 0. The monoisotopic (exact) mass is 277 g/mol. The highest BCUT2D eigenvalue weighted by atomic mass is 16.3. The van der Waals surface area contributed by atoms with E-state index >= 15 is 0 Å². The highest BCUT2D eigenvalue weighted by Crippen LogP contribution is 2.17. The fourth-order valence-electron chi connectivity index (χ4n) is 2.54. The second kappa shape index (κ2) is 7.24. The number of hydrogen-bond donors (Lipinski definition) is 3. The van der Waals surface area contributed by atoms with Gasteiger partial charge < -0.3 is 15.7 Å². The number of aromatic nitrogens is 1. The van der Waals surface area contributed by atoms with Crippen LogP contribution >= 0.6 is 0 Å². The summed E-state index contributed by atoms with van der Waals surface area (Å²) in [5.74, 6) is 0. The van der Waals surface area contributed by atoms with Crippen LogP contribution in [0.25, 0.3) is 0 Å². The third kappa shape index (κ3) is 4.49. The Bertz CT molecular complexity index is 450. The number of pyridine rings is 1. The number of carbonyl (C=O) groups is 1. The lowest BCUT2D eigenvalue weighted by molar-refractivity contribution is 0.122. The van der Waals surface area contributed by atoms with Crippen molar-refractivity contribution in [2.75, 3.05) is 0 Å². The molecule has 0 unspecified atom stereocenters. The summed E-state index contributed by atoms with van der Waals surface area (Å²) in [6.45, 7) is 2.39. The summed E-state index contributed by atoms with van der Waals surface area (Å²) in [5, 5.41) is 15.6. The molecule has 0 aromatic carbocycles. The maximum Gasteiger partial charge on any atom is 0.315 e. The number of aryl methyl sites for hydroxylation is 1. The molecule has 20 heavy (non-hydrogen) atoms. The molecule has 0 radical (unpaired) electrons. The van der Waals surface area contributed by atoms with E-state index in [0.717, 1.165) is 43.4 Å². The van der Waals surface area contributed by atoms with Crippen LogP contribution in [0.2, 0.25) is 0 Å². The Kier molecular flexibility index (Phi) is 5.35. The smallest absolute Gasteiger partial charge is 0.315 e. The molecule has 1 aromatic rings. The average molecular weight is 277 g/mol. The van der Waals surface area contributed by atoms with E-state index in [1.54, 1.807) is 6.20 Å². The summed E-state index contributed by atoms with van der Waals surface area (Å²) in [6, 6.07) is 3.49. The van der Waals surface area contributed by atoms with E-state index in [1.807, 2.05) is 19.1 Å². The molecular weight excluding hydrogens is 254 g/mol. The largest absolute Gasteiger partial charge is 0.391 e. The van der Waals surface area contributed by atoms with Gasteiger partial charge in [0.25, 0.3) is 0 Å². The van der Waals surface area contributed by atoms with E-state index < -0.39 is 6.10 Å². The lowest BCUT2D eigenvalue weighted by atomic mass is 10.1. The van der Waals surface area contributed by atoms with Crippen LogP contribution in [0.1, 0.15) is 43.4 Å². The molecule has 2 amide bonds. The van der Waals surface area contributed by atoms with Gasteiger partial charge in [-0.05, 0) is 37.5 Å². The van der Waals surface area contributed by atoms with Crippen molar-refractivity contribution in [3.63, 3.8) is 0 Å². The second-order valence-electron chi connectivity index (χ2n) is 5.46. The molecule has 1 aliphatic rings. The number of amides is 2. The zero-order chi connectivity index (χ0) is 14.4. The number of aliphatic hydroxyl groups is 1. The third-order valence-corrected chi connectivity index (χ3v) is 3.70. The van der Waals surface area contributed by atoms with Crippen LogP contribution in [-0.4, -0.2) is 28.3 Å². The van der Waals surface area contributed by atoms with Crippen LogP contribution < -0.4 is 10.6 Å². The van der Waals surface area contributed by atoms with Gasteiger partial charge in [0.05, 0.1) is 24.4 Å². The van der Waals surface area contributed by atoms with Crippen LogP contribution in [0.3, 0.4) is 0 Å². The van der Waals surface area contributed by atoms with E-state index in [-0.39, 0.29) is 12.1 Å². The van der Waals surface area contributed by atoms with E-state index in [0.29, 0.717) is 6.54 Å². The number of nitrogens with one attached hydrogen (secondary N) is 2. The van der Waals surface area contributed by atoms with Crippen molar-refractivity contribution in [2.45, 2.75) is 57.7 Å². The van der Waals surface area contributed by atoms with Crippen LogP contribution in [0.5, 0.6) is 0 Å². The zero-order valence-corrected chi connectivity index (χ0v) is 11.9. The highest BCUT2D eigenvalue weighted by molar-refractivity contribution is 5.74. The molecule has 1 saturated carbocycles. The lowest BCUT2D eigenvalue weighted by Gasteiger charge is -2.21. The number of urea groups is 1. The highest BCUT2D eigenvalue weighted by Gasteiger charge is 2.22. The molecule has 5 heteroatoms. The first-order valence-corrected chi connectivity index (χ1v) is 7.29. The topological polar surface area (TPSA) is 74.2 Å². The van der Waals surface area contributed by atoms with Crippen molar-refractivity contribution >= 4 is 6.03 Å². The van der Waals surface area contributed by atoms with Crippen molar-refractivity contribution in [1.29, 1.82) is 0 Å². The predicted octanol–water partition coefficient (Wildman–Crippen LogP) is 1.88. The molecule has 1 heterocycles. The molecule has 0 aliphatic heterocycles. The quantitative estimate of drug-likeness (QED) is 0.739. The maximum absolute atomic E-state index is 11.9. The van der Waals surface area contributed by atoms with E-state index in [9.17, 15) is 9.90 Å². The Balaban J connectivity index is 1.80. The van der Waals surface area contributed by atoms with Crippen molar-refractivity contribution in [3.05, 3.63) is 29.6 Å². The van der Waals surface area contributed by atoms with Crippen molar-refractivity contribution in [2.24, 2.45) is 0 Å². The Morgan fingerprint density at radius 2 is 2.20 bits per heavy atom. The van der Waals surface area contributed by atoms with E-state index in [2.05, 4.69) is 15.6 Å². The van der Waals surface area contributed by atoms with Gasteiger partial charge in [0.2, 0.25) is 0 Å². The molecule has 110 valence electrons. The van der Waals surface area contributed by atoms with Crippen molar-refractivity contribution < 1.29 is 9.90 Å². The van der Waals surface area contributed by atoms with Crippen molar-refractivity contribution in [3.8, 4) is 0 Å². The standard InChI is InChI=1S/C15H23N3O2/c1-11-7-8-16-12(9-11)10-17-15(20)18-13-5-3-2-4-6-14(13)19/h7-9,13-14,19H,2-6,10H2,1H3,(H2,17,18,20)/t13-,14-/m1/s1. The summed E-state index contributed by atoms with van der Waals surface area (Å²) >= 11 is 0. The first-order valence-electron chi connectivity index (χ1n) is 7.29. The third-order valence-electron chi connectivity index (χ3n) is 3.70. The van der Waals surface area contributed by atoms with Crippen LogP contribution in [0.4, 0.5) is 4.79 Å². The number of nitrogens with zero attached hydrogens (tertiary/aromatic N) is 1. The molecule has 5 nitrogen and oxygen atoms in total. The van der Waals surface area contributed by atoms with Gasteiger partial charge in [-0.3, -0.25) is 4.98 Å². The van der Waals surface area contributed by atoms with Gasteiger partial charge >= 0.3 is 6.03 Å². The number of carbonyl (C=O) groups excluding carboxylic acids is 1. The predicted molar refractivity (Wildman–Crippen MR) is 77.2 cm³/mol. The summed E-state index contributed by atoms with van der Waals surface area (Å²) in [7, 11) is 0. The molecule has 1 fully saturated rings. The number of aliphatic hydroxyl groups excluding tert-OH is 1. The van der Waals surface area contributed by atoms with Gasteiger partial charge in [0, 0.05) is 6.20 Å². The molecule has 2 atom stereocenters. The normalized spacial score (nSPS) is 22.9. The van der Waals surface area contributed by atoms with Crippen molar-refractivity contribution in [1.82, 2.24) is 15.6 Å². The minimum absolute atomic E-state index is 0.136. The summed E-state index contributed by atoms with van der Waals surface area (Å²) in [6.07, 6.45) is 6.14. The minimum atomic E-state index is -0.430. The summed E-state index contributed by atoms with van der Waals surface area (Å²) in [4.78, 5) is 16.1. The first-order chi connectivity index (χ1) is 9.65. The van der Waals surface area contributed by atoms with Crippen LogP contribution in [0.15, 0.2) is 18.3 Å². The SMILES string of the molecule is Cc1ccnc(CNC(=O)N[C@@H]2CCCCC[C@H]2O)c1. The fourth-order valence-corrected chi connectivity index (χ4v) is 2.54. The maximum atomic E-state index is 11.9. The molecule has 0 bridgehead atoms. The van der Waals surface area contributed by atoms with E-state index in [4.69, 9.17) is 0 Å². The first kappa shape index (κ1) is 14.8.